The molecule has 6 nitrogen and oxygen atoms in total. The number of rotatable bonds is 6. The number of carbonyl (C=O) groups excluding carboxylic acids is 1. The summed E-state index contributed by atoms with van der Waals surface area (Å²) in [5, 5.41) is 11.3. The van der Waals surface area contributed by atoms with E-state index in [2.05, 4.69) is 50.4 Å². The Hall–Kier alpha value is -2.45. The lowest BCUT2D eigenvalue weighted by Crippen LogP contribution is -2.46. The fraction of sp³-hybridized carbons (Fsp3) is 0.429. The summed E-state index contributed by atoms with van der Waals surface area (Å²) < 4.78 is 13.0. The Kier molecular flexibility index (Phi) is 7.60. The molecule has 2 atom stereocenters. The molecule has 1 saturated heterocycles. The van der Waals surface area contributed by atoms with Gasteiger partial charge in [0.1, 0.15) is 5.82 Å². The van der Waals surface area contributed by atoms with E-state index < -0.39 is 0 Å². The second-order valence-corrected chi connectivity index (χ2v) is 8.18. The van der Waals surface area contributed by atoms with Gasteiger partial charge in [-0.05, 0) is 68.1 Å². The SMILES string of the molecule is CN=C(NCC(=O)Nc1ccc(F)cc1)NCC1CCCN(C)C1c1cccs1. The van der Waals surface area contributed by atoms with Crippen LogP contribution in [0.3, 0.4) is 0 Å². The van der Waals surface area contributed by atoms with Gasteiger partial charge >= 0.3 is 0 Å². The van der Waals surface area contributed by atoms with Gasteiger partial charge in [-0.2, -0.15) is 0 Å². The van der Waals surface area contributed by atoms with Crippen molar-refractivity contribution in [2.75, 3.05) is 39.0 Å². The van der Waals surface area contributed by atoms with Gasteiger partial charge in [0.05, 0.1) is 6.54 Å². The predicted octanol–water partition coefficient (Wildman–Crippen LogP) is 3.07. The molecule has 0 spiro atoms. The lowest BCUT2D eigenvalue weighted by Gasteiger charge is -2.39. The quantitative estimate of drug-likeness (QED) is 0.499. The maximum Gasteiger partial charge on any atom is 0.243 e. The van der Waals surface area contributed by atoms with Crippen LogP contribution in [0.1, 0.15) is 23.8 Å². The number of piperidine rings is 1. The molecule has 0 radical (unpaired) electrons. The summed E-state index contributed by atoms with van der Waals surface area (Å²) >= 11 is 1.80. The zero-order chi connectivity index (χ0) is 20.6. The van der Waals surface area contributed by atoms with E-state index in [-0.39, 0.29) is 18.3 Å². The minimum Gasteiger partial charge on any atom is -0.356 e. The van der Waals surface area contributed by atoms with Crippen LogP contribution in [0.15, 0.2) is 46.8 Å². The summed E-state index contributed by atoms with van der Waals surface area (Å²) in [6.45, 7) is 1.97. The van der Waals surface area contributed by atoms with Crippen molar-refractivity contribution in [3.8, 4) is 0 Å². The minimum atomic E-state index is -0.333. The molecular weight excluding hydrogens is 389 g/mol. The topological polar surface area (TPSA) is 68.8 Å². The molecule has 3 rings (SSSR count). The van der Waals surface area contributed by atoms with Gasteiger partial charge in [-0.15, -0.1) is 11.3 Å². The van der Waals surface area contributed by atoms with E-state index in [1.165, 1.54) is 35.6 Å². The Morgan fingerprint density at radius 1 is 1.28 bits per heavy atom. The number of thiophene rings is 1. The first-order valence-electron chi connectivity index (χ1n) is 9.80. The minimum absolute atomic E-state index is 0.0793. The molecule has 1 fully saturated rings. The molecule has 156 valence electrons. The summed E-state index contributed by atoms with van der Waals surface area (Å²) in [7, 11) is 3.88. The van der Waals surface area contributed by atoms with Crippen LogP contribution in [0.4, 0.5) is 10.1 Å². The van der Waals surface area contributed by atoms with E-state index >= 15 is 0 Å². The molecule has 0 bridgehead atoms. The normalized spacial score (nSPS) is 20.3. The summed E-state index contributed by atoms with van der Waals surface area (Å²) in [6, 6.07) is 10.4. The third kappa shape index (κ3) is 6.01. The summed E-state index contributed by atoms with van der Waals surface area (Å²) in [5.74, 6) is 0.518. The van der Waals surface area contributed by atoms with Crippen LogP contribution in [-0.4, -0.2) is 50.5 Å². The Morgan fingerprint density at radius 2 is 2.07 bits per heavy atom. The number of hydrogen-bond acceptors (Lipinski definition) is 4. The zero-order valence-electron chi connectivity index (χ0n) is 16.8. The molecule has 2 heterocycles. The number of carbonyl (C=O) groups is 1. The fourth-order valence-corrected chi connectivity index (χ4v) is 4.72. The van der Waals surface area contributed by atoms with Gasteiger partial charge in [0, 0.05) is 30.2 Å². The third-order valence-electron chi connectivity index (χ3n) is 5.14. The number of halogens is 1. The monoisotopic (exact) mass is 417 g/mol. The largest absolute Gasteiger partial charge is 0.356 e. The first kappa shape index (κ1) is 21.3. The van der Waals surface area contributed by atoms with Crippen LogP contribution < -0.4 is 16.0 Å². The highest BCUT2D eigenvalue weighted by Crippen LogP contribution is 2.36. The Labute approximate surface area is 175 Å². The molecule has 29 heavy (non-hydrogen) atoms. The Morgan fingerprint density at radius 3 is 2.76 bits per heavy atom. The van der Waals surface area contributed by atoms with Crippen molar-refractivity contribution in [2.24, 2.45) is 10.9 Å². The van der Waals surface area contributed by atoms with Gasteiger partial charge in [0.2, 0.25) is 5.91 Å². The highest BCUT2D eigenvalue weighted by molar-refractivity contribution is 7.10. The number of hydrogen-bond donors (Lipinski definition) is 3. The van der Waals surface area contributed by atoms with E-state index in [0.29, 0.717) is 23.6 Å². The van der Waals surface area contributed by atoms with E-state index in [0.717, 1.165) is 19.5 Å². The third-order valence-corrected chi connectivity index (χ3v) is 6.08. The number of anilines is 1. The molecular formula is C21H28FN5OS. The van der Waals surface area contributed by atoms with Crippen LogP contribution in [-0.2, 0) is 4.79 Å². The summed E-state index contributed by atoms with van der Waals surface area (Å²) in [6.07, 6.45) is 2.33. The number of aliphatic imine (C=N–C) groups is 1. The first-order chi connectivity index (χ1) is 14.1. The van der Waals surface area contributed by atoms with Gasteiger partial charge in [-0.1, -0.05) is 6.07 Å². The number of benzene rings is 1. The average Bonchev–Trinajstić information content (AvgIpc) is 3.24. The lowest BCUT2D eigenvalue weighted by atomic mass is 9.88. The molecule has 1 aliphatic rings. The zero-order valence-corrected chi connectivity index (χ0v) is 17.6. The second-order valence-electron chi connectivity index (χ2n) is 7.20. The van der Waals surface area contributed by atoms with E-state index in [1.807, 2.05) is 0 Å². The molecule has 8 heteroatoms. The Bertz CT molecular complexity index is 809. The maximum atomic E-state index is 13.0. The van der Waals surface area contributed by atoms with Crippen molar-refractivity contribution in [3.05, 3.63) is 52.5 Å². The number of likely N-dealkylation sites (tertiary alicyclic amines) is 1. The highest BCUT2D eigenvalue weighted by Gasteiger charge is 2.31. The number of nitrogens with one attached hydrogen (secondary N) is 3. The van der Waals surface area contributed by atoms with Crippen LogP contribution in [0.5, 0.6) is 0 Å². The number of nitrogens with zero attached hydrogens (tertiary/aromatic N) is 2. The van der Waals surface area contributed by atoms with Gasteiger partial charge in [0.25, 0.3) is 0 Å². The van der Waals surface area contributed by atoms with Crippen molar-refractivity contribution in [1.29, 1.82) is 0 Å². The molecule has 2 aromatic rings. The van der Waals surface area contributed by atoms with Gasteiger partial charge in [-0.3, -0.25) is 14.7 Å². The first-order valence-corrected chi connectivity index (χ1v) is 10.7. The molecule has 1 amide bonds. The highest BCUT2D eigenvalue weighted by atomic mass is 32.1. The number of amides is 1. The van der Waals surface area contributed by atoms with Gasteiger partial charge < -0.3 is 16.0 Å². The van der Waals surface area contributed by atoms with E-state index in [4.69, 9.17) is 0 Å². The average molecular weight is 418 g/mol. The summed E-state index contributed by atoms with van der Waals surface area (Å²) in [5.41, 5.74) is 0.560. The molecule has 3 N–H and O–H groups in total. The lowest BCUT2D eigenvalue weighted by molar-refractivity contribution is -0.115. The molecule has 1 aromatic heterocycles. The van der Waals surface area contributed by atoms with Crippen molar-refractivity contribution >= 4 is 28.9 Å². The summed E-state index contributed by atoms with van der Waals surface area (Å²) in [4.78, 5) is 20.2. The van der Waals surface area contributed by atoms with E-state index in [1.54, 1.807) is 18.4 Å². The fourth-order valence-electron chi connectivity index (χ4n) is 3.73. The second kappa shape index (κ2) is 10.4. The van der Waals surface area contributed by atoms with Crippen LogP contribution >= 0.6 is 11.3 Å². The molecule has 1 aromatic carbocycles. The van der Waals surface area contributed by atoms with Crippen molar-refractivity contribution < 1.29 is 9.18 Å². The van der Waals surface area contributed by atoms with Crippen molar-refractivity contribution in [1.82, 2.24) is 15.5 Å². The molecule has 1 aliphatic heterocycles. The van der Waals surface area contributed by atoms with Crippen LogP contribution in [0.25, 0.3) is 0 Å². The molecule has 2 unspecified atom stereocenters. The standard InChI is InChI=1S/C21H28FN5OS/c1-23-21(25-14-19(28)26-17-9-7-16(22)8-10-17)24-13-15-5-3-11-27(2)20(15)18-6-4-12-29-18/h4,6-10,12,15,20H,3,5,11,13-14H2,1-2H3,(H,26,28)(H2,23,24,25). The van der Waals surface area contributed by atoms with Gasteiger partial charge in [-0.25, -0.2) is 4.39 Å². The number of guanidine groups is 1. The smallest absolute Gasteiger partial charge is 0.243 e. The van der Waals surface area contributed by atoms with Crippen molar-refractivity contribution in [2.45, 2.75) is 18.9 Å². The molecule has 0 aliphatic carbocycles. The van der Waals surface area contributed by atoms with E-state index in [9.17, 15) is 9.18 Å². The van der Waals surface area contributed by atoms with Gasteiger partial charge in [0.15, 0.2) is 5.96 Å². The van der Waals surface area contributed by atoms with Crippen LogP contribution in [0, 0.1) is 11.7 Å². The maximum absolute atomic E-state index is 13.0. The van der Waals surface area contributed by atoms with Crippen LogP contribution in [0.2, 0.25) is 0 Å². The predicted molar refractivity (Wildman–Crippen MR) is 117 cm³/mol. The Balaban J connectivity index is 1.49. The molecule has 0 saturated carbocycles. The van der Waals surface area contributed by atoms with Crippen molar-refractivity contribution in [3.63, 3.8) is 0 Å².